The van der Waals surface area contributed by atoms with Crippen molar-refractivity contribution in [2.45, 2.75) is 25.4 Å². The van der Waals surface area contributed by atoms with Crippen LogP contribution in [0.25, 0.3) is 0 Å². The minimum Gasteiger partial charge on any atom is -0.492 e. The molecule has 8 heteroatoms. The molecular formula is C17H21N3O4S. The van der Waals surface area contributed by atoms with Gasteiger partial charge in [0.05, 0.1) is 18.0 Å². The van der Waals surface area contributed by atoms with Crippen LogP contribution in [-0.2, 0) is 11.2 Å². The minimum absolute atomic E-state index is 0.0994. The van der Waals surface area contributed by atoms with Crippen LogP contribution in [0, 0.1) is 6.92 Å². The van der Waals surface area contributed by atoms with E-state index in [2.05, 4.69) is 15.3 Å². The molecule has 0 saturated heterocycles. The number of aliphatic hydroxyl groups is 1. The topological polar surface area (TPSA) is 104 Å². The molecule has 1 aromatic heterocycles. The molecule has 134 valence electrons. The van der Waals surface area contributed by atoms with Gasteiger partial charge in [-0.2, -0.15) is 0 Å². The van der Waals surface area contributed by atoms with E-state index >= 15 is 0 Å². The van der Waals surface area contributed by atoms with E-state index in [1.165, 1.54) is 0 Å². The SMILES string of the molecule is CCOc1ccccc1NC(=O)CSc1nc(C)c(CCO)c(=O)[nH]1. The van der Waals surface area contributed by atoms with E-state index in [9.17, 15) is 9.59 Å². The molecule has 1 aromatic carbocycles. The number of para-hydroxylation sites is 2. The first-order chi connectivity index (χ1) is 12.0. The number of thioether (sulfide) groups is 1. The van der Waals surface area contributed by atoms with E-state index in [4.69, 9.17) is 9.84 Å². The zero-order valence-corrected chi connectivity index (χ0v) is 15.0. The molecule has 0 aliphatic rings. The number of nitrogens with one attached hydrogen (secondary N) is 2. The molecule has 0 atom stereocenters. The van der Waals surface area contributed by atoms with Gasteiger partial charge < -0.3 is 20.1 Å². The molecule has 3 N–H and O–H groups in total. The van der Waals surface area contributed by atoms with Crippen molar-refractivity contribution >= 4 is 23.4 Å². The Balaban J connectivity index is 2.00. The highest BCUT2D eigenvalue weighted by molar-refractivity contribution is 7.99. The lowest BCUT2D eigenvalue weighted by Crippen LogP contribution is -2.19. The van der Waals surface area contributed by atoms with Gasteiger partial charge in [-0.3, -0.25) is 9.59 Å². The summed E-state index contributed by atoms with van der Waals surface area (Å²) >= 11 is 1.14. The third kappa shape index (κ3) is 5.33. The smallest absolute Gasteiger partial charge is 0.255 e. The van der Waals surface area contributed by atoms with Gasteiger partial charge in [-0.05, 0) is 26.0 Å². The van der Waals surface area contributed by atoms with Crippen LogP contribution in [0.5, 0.6) is 5.75 Å². The number of carbonyl (C=O) groups excluding carboxylic acids is 1. The molecule has 1 heterocycles. The highest BCUT2D eigenvalue weighted by atomic mass is 32.2. The Hall–Kier alpha value is -2.32. The van der Waals surface area contributed by atoms with Crippen LogP contribution in [0.1, 0.15) is 18.2 Å². The van der Waals surface area contributed by atoms with Crippen LogP contribution in [0.2, 0.25) is 0 Å². The highest BCUT2D eigenvalue weighted by Gasteiger charge is 2.11. The van der Waals surface area contributed by atoms with Gasteiger partial charge in [0, 0.05) is 24.3 Å². The Labute approximate surface area is 149 Å². The highest BCUT2D eigenvalue weighted by Crippen LogP contribution is 2.24. The van der Waals surface area contributed by atoms with Crippen LogP contribution >= 0.6 is 11.8 Å². The van der Waals surface area contributed by atoms with E-state index < -0.39 is 0 Å². The number of hydrogen-bond donors (Lipinski definition) is 3. The number of anilines is 1. The molecule has 2 rings (SSSR count). The van der Waals surface area contributed by atoms with Gasteiger partial charge in [-0.25, -0.2) is 4.98 Å². The van der Waals surface area contributed by atoms with Gasteiger partial charge in [-0.15, -0.1) is 0 Å². The first-order valence-electron chi connectivity index (χ1n) is 7.90. The Bertz CT molecular complexity index is 792. The normalized spacial score (nSPS) is 10.5. The van der Waals surface area contributed by atoms with E-state index in [1.807, 2.05) is 19.1 Å². The average molecular weight is 363 g/mol. The molecule has 0 spiro atoms. The first-order valence-corrected chi connectivity index (χ1v) is 8.88. The summed E-state index contributed by atoms with van der Waals surface area (Å²) < 4.78 is 5.47. The van der Waals surface area contributed by atoms with Crippen molar-refractivity contribution < 1.29 is 14.6 Å². The zero-order chi connectivity index (χ0) is 18.2. The summed E-state index contributed by atoms with van der Waals surface area (Å²) in [5, 5.41) is 12.1. The lowest BCUT2D eigenvalue weighted by molar-refractivity contribution is -0.113. The maximum absolute atomic E-state index is 12.1. The van der Waals surface area contributed by atoms with E-state index in [-0.39, 0.29) is 30.2 Å². The van der Waals surface area contributed by atoms with Gasteiger partial charge in [0.2, 0.25) is 5.91 Å². The fraction of sp³-hybridized carbons (Fsp3) is 0.353. The summed E-state index contributed by atoms with van der Waals surface area (Å²) in [5.41, 5.74) is 1.33. The lowest BCUT2D eigenvalue weighted by Gasteiger charge is -2.11. The van der Waals surface area contributed by atoms with Crippen molar-refractivity contribution in [3.05, 3.63) is 45.9 Å². The quantitative estimate of drug-likeness (QED) is 0.487. The third-order valence-corrected chi connectivity index (χ3v) is 4.24. The Morgan fingerprint density at radius 3 is 2.84 bits per heavy atom. The molecular weight excluding hydrogens is 342 g/mol. The summed E-state index contributed by atoms with van der Waals surface area (Å²) in [6.07, 6.45) is 0.258. The molecule has 0 bridgehead atoms. The van der Waals surface area contributed by atoms with Gasteiger partial charge in [0.1, 0.15) is 5.75 Å². The standard InChI is InChI=1S/C17H21N3O4S/c1-3-24-14-7-5-4-6-13(14)19-15(22)10-25-17-18-11(2)12(8-9-21)16(23)20-17/h4-7,21H,3,8-10H2,1-2H3,(H,19,22)(H,18,20,23). The summed E-state index contributed by atoms with van der Waals surface area (Å²) in [5.74, 6) is 0.485. The summed E-state index contributed by atoms with van der Waals surface area (Å²) in [6, 6.07) is 7.20. The largest absolute Gasteiger partial charge is 0.492 e. The number of amides is 1. The molecule has 0 unspecified atom stereocenters. The number of aromatic amines is 1. The van der Waals surface area contributed by atoms with Crippen molar-refractivity contribution in [2.24, 2.45) is 0 Å². The number of nitrogens with zero attached hydrogens (tertiary/aromatic N) is 1. The molecule has 0 aliphatic heterocycles. The molecule has 1 amide bonds. The van der Waals surface area contributed by atoms with Crippen LogP contribution < -0.4 is 15.6 Å². The van der Waals surface area contributed by atoms with Crippen molar-refractivity contribution in [1.29, 1.82) is 0 Å². The predicted octanol–water partition coefficient (Wildman–Crippen LogP) is 1.74. The first kappa shape index (κ1) is 19.0. The maximum Gasteiger partial charge on any atom is 0.255 e. The minimum atomic E-state index is -0.286. The molecule has 2 aromatic rings. The monoisotopic (exact) mass is 363 g/mol. The van der Waals surface area contributed by atoms with Crippen LogP contribution in [-0.4, -0.2) is 39.9 Å². The summed E-state index contributed by atoms with van der Waals surface area (Å²) in [7, 11) is 0. The van der Waals surface area contributed by atoms with Crippen LogP contribution in [0.4, 0.5) is 5.69 Å². The second-order valence-corrected chi connectivity index (χ2v) is 6.14. The summed E-state index contributed by atoms with van der Waals surface area (Å²) in [6.45, 7) is 3.98. The van der Waals surface area contributed by atoms with Crippen LogP contribution in [0.15, 0.2) is 34.2 Å². The van der Waals surface area contributed by atoms with Gasteiger partial charge in [-0.1, -0.05) is 23.9 Å². The van der Waals surface area contributed by atoms with Crippen LogP contribution in [0.3, 0.4) is 0 Å². The van der Waals surface area contributed by atoms with Gasteiger partial charge in [0.15, 0.2) is 5.16 Å². The predicted molar refractivity (Wildman–Crippen MR) is 97.3 cm³/mol. The lowest BCUT2D eigenvalue weighted by atomic mass is 10.2. The van der Waals surface area contributed by atoms with E-state index in [1.54, 1.807) is 19.1 Å². The Kier molecular flexibility index (Phi) is 7.03. The number of rotatable bonds is 8. The van der Waals surface area contributed by atoms with Crippen molar-refractivity contribution in [2.75, 3.05) is 24.3 Å². The zero-order valence-electron chi connectivity index (χ0n) is 14.2. The molecule has 0 radical (unpaired) electrons. The number of benzene rings is 1. The Morgan fingerprint density at radius 1 is 1.40 bits per heavy atom. The number of hydrogen-bond acceptors (Lipinski definition) is 6. The molecule has 0 aliphatic carbocycles. The van der Waals surface area contributed by atoms with E-state index in [0.717, 1.165) is 11.8 Å². The maximum atomic E-state index is 12.1. The van der Waals surface area contributed by atoms with E-state index in [0.29, 0.717) is 34.5 Å². The number of ether oxygens (including phenoxy) is 1. The third-order valence-electron chi connectivity index (χ3n) is 3.36. The van der Waals surface area contributed by atoms with Crippen molar-refractivity contribution in [1.82, 2.24) is 9.97 Å². The Morgan fingerprint density at radius 2 is 2.16 bits per heavy atom. The number of aliphatic hydroxyl groups excluding tert-OH is 1. The number of H-pyrrole nitrogens is 1. The molecule has 0 fully saturated rings. The summed E-state index contributed by atoms with van der Waals surface area (Å²) in [4.78, 5) is 31.0. The number of carbonyl (C=O) groups is 1. The molecule has 25 heavy (non-hydrogen) atoms. The second kappa shape index (κ2) is 9.24. The van der Waals surface area contributed by atoms with Gasteiger partial charge in [0.25, 0.3) is 5.56 Å². The van der Waals surface area contributed by atoms with Crippen molar-refractivity contribution in [3.8, 4) is 5.75 Å². The fourth-order valence-electron chi connectivity index (χ4n) is 2.23. The second-order valence-electron chi connectivity index (χ2n) is 5.17. The molecule has 7 nitrogen and oxygen atoms in total. The van der Waals surface area contributed by atoms with Gasteiger partial charge >= 0.3 is 0 Å². The fourth-order valence-corrected chi connectivity index (χ4v) is 2.94. The number of aromatic nitrogens is 2. The average Bonchev–Trinajstić information content (AvgIpc) is 2.58. The van der Waals surface area contributed by atoms with Crippen molar-refractivity contribution in [3.63, 3.8) is 0 Å². The molecule has 0 saturated carbocycles. The number of aryl methyl sites for hydroxylation is 1.